The Bertz CT molecular complexity index is 1840. The fourth-order valence-electron chi connectivity index (χ4n) is 5.01. The third-order valence-corrected chi connectivity index (χ3v) is 7.78. The number of hydrogen-bond donors (Lipinski definition) is 2. The molecule has 0 bridgehead atoms. The molecule has 0 spiro atoms. The third-order valence-electron chi connectivity index (χ3n) is 7.50. The van der Waals surface area contributed by atoms with E-state index in [0.29, 0.717) is 29.2 Å². The third kappa shape index (κ3) is 8.48. The maximum atomic E-state index is 12.5. The van der Waals surface area contributed by atoms with Crippen LogP contribution in [0.2, 0.25) is 5.15 Å². The zero-order valence-electron chi connectivity index (χ0n) is 26.3. The second-order valence-corrected chi connectivity index (χ2v) is 11.1. The van der Waals surface area contributed by atoms with Gasteiger partial charge in [0.05, 0.1) is 12.0 Å². The van der Waals surface area contributed by atoms with E-state index >= 15 is 0 Å². The number of benzene rings is 3. The minimum absolute atomic E-state index is 0.140. The second kappa shape index (κ2) is 16.2. The fraction of sp³-hybridized carbons (Fsp3) is 0.273. The van der Waals surface area contributed by atoms with Gasteiger partial charge in [0.25, 0.3) is 0 Å². The number of carbonyl (C=O) groups excluding carboxylic acids is 2. The van der Waals surface area contributed by atoms with E-state index in [1.165, 1.54) is 4.80 Å². The van der Waals surface area contributed by atoms with Crippen LogP contribution in [-0.4, -0.2) is 58.0 Å². The predicted octanol–water partition coefficient (Wildman–Crippen LogP) is 6.44. The molecule has 0 amide bonds. The summed E-state index contributed by atoms with van der Waals surface area (Å²) in [4.78, 5) is 34.4. The van der Waals surface area contributed by atoms with E-state index in [9.17, 15) is 9.59 Å². The summed E-state index contributed by atoms with van der Waals surface area (Å²) >= 11 is 6.25. The summed E-state index contributed by atoms with van der Waals surface area (Å²) in [5, 5.41) is 30.2. The molecule has 250 valence electrons. The van der Waals surface area contributed by atoms with Crippen molar-refractivity contribution in [2.75, 3.05) is 0 Å². The van der Waals surface area contributed by atoms with Crippen LogP contribution >= 0.6 is 11.6 Å². The Labute approximate surface area is 280 Å². The smallest absolute Gasteiger partial charge is 0.429 e. The first-order valence-corrected chi connectivity index (χ1v) is 15.5. The topological polar surface area (TPSA) is 167 Å². The minimum atomic E-state index is -0.959. The van der Waals surface area contributed by atoms with Gasteiger partial charge in [-0.3, -0.25) is 15.2 Å². The molecule has 3 aromatic carbocycles. The van der Waals surface area contributed by atoms with Crippen LogP contribution in [0.4, 0.5) is 4.79 Å². The molecule has 1 unspecified atom stereocenters. The number of unbranched alkanes of at least 4 members (excludes halogenated alkanes) is 1. The van der Waals surface area contributed by atoms with Crippen LogP contribution in [0.15, 0.2) is 72.8 Å². The van der Waals surface area contributed by atoms with Gasteiger partial charge in [-0.1, -0.05) is 97.7 Å². The van der Waals surface area contributed by atoms with Crippen LogP contribution in [0.3, 0.4) is 0 Å². The Balaban J connectivity index is 1.25. The number of imidazole rings is 1. The number of ether oxygens (including phenoxy) is 2. The molecule has 2 aromatic heterocycles. The molecular formula is C33H34ClN7O7. The number of rotatable bonds is 15. The van der Waals surface area contributed by atoms with Crippen LogP contribution in [-0.2, 0) is 40.5 Å². The largest absolute Gasteiger partial charge is 0.510 e. The molecule has 5 aromatic rings. The lowest BCUT2D eigenvalue weighted by molar-refractivity contribution is -0.497. The number of aryl methyl sites for hydroxylation is 1. The lowest BCUT2D eigenvalue weighted by Gasteiger charge is -2.13. The molecule has 0 fully saturated rings. The summed E-state index contributed by atoms with van der Waals surface area (Å²) in [5.74, 6) is 1.12. The van der Waals surface area contributed by atoms with Gasteiger partial charge in [-0.2, -0.15) is 0 Å². The van der Waals surface area contributed by atoms with Crippen molar-refractivity contribution in [2.24, 2.45) is 0 Å². The average molecular weight is 676 g/mol. The molecule has 0 aliphatic carbocycles. The molecule has 0 saturated heterocycles. The van der Waals surface area contributed by atoms with Crippen molar-refractivity contribution in [2.45, 2.75) is 59.1 Å². The van der Waals surface area contributed by atoms with Crippen LogP contribution in [0, 0.1) is 0 Å². The van der Waals surface area contributed by atoms with Crippen molar-refractivity contribution < 1.29 is 34.3 Å². The molecule has 0 saturated carbocycles. The monoisotopic (exact) mass is 675 g/mol. The zero-order chi connectivity index (χ0) is 34.0. The van der Waals surface area contributed by atoms with Crippen LogP contribution in [0.1, 0.15) is 65.9 Å². The van der Waals surface area contributed by atoms with E-state index in [4.69, 9.17) is 31.5 Å². The van der Waals surface area contributed by atoms with E-state index in [2.05, 4.69) is 32.2 Å². The van der Waals surface area contributed by atoms with Gasteiger partial charge in [0.2, 0.25) is 12.1 Å². The SMILES string of the molecule is CCCCc1nc(Cl)c(C=O)n1Cc1ccc(-c2ccccc2-c2nnn(C(C)OC(=O)OCc3ccccc3CON(O)O)n2)cc1. The first kappa shape index (κ1) is 34.3. The molecule has 15 heteroatoms. The zero-order valence-corrected chi connectivity index (χ0v) is 27.0. The van der Waals surface area contributed by atoms with Gasteiger partial charge in [-0.15, -0.1) is 15.0 Å². The highest BCUT2D eigenvalue weighted by Gasteiger charge is 2.20. The van der Waals surface area contributed by atoms with Crippen LogP contribution in [0.25, 0.3) is 22.5 Å². The highest BCUT2D eigenvalue weighted by atomic mass is 35.5. The van der Waals surface area contributed by atoms with Gasteiger partial charge >= 0.3 is 6.16 Å². The normalized spacial score (nSPS) is 11.9. The summed E-state index contributed by atoms with van der Waals surface area (Å²) in [6.07, 6.45) is 1.53. The number of tetrazole rings is 1. The standard InChI is InChI=1S/C33H34ClN7O7/c1-3-4-13-30-35-31(34)29(19-42)39(30)18-23-14-16-24(17-15-23)27-11-7-8-12-28(27)32-36-38-40(37-32)22(2)48-33(43)46-20-25-9-5-6-10-26(25)21-47-41(44)45/h5-12,14-17,19,22,44-45H,3-4,13,18,20-21H2,1-2H3. The molecule has 48 heavy (non-hydrogen) atoms. The van der Waals surface area contributed by atoms with Crippen molar-refractivity contribution >= 4 is 24.0 Å². The predicted molar refractivity (Wildman–Crippen MR) is 172 cm³/mol. The highest BCUT2D eigenvalue weighted by Crippen LogP contribution is 2.30. The Kier molecular flexibility index (Phi) is 11.6. The van der Waals surface area contributed by atoms with Gasteiger partial charge < -0.3 is 14.0 Å². The summed E-state index contributed by atoms with van der Waals surface area (Å²) in [6, 6.07) is 22.4. The molecule has 5 rings (SSSR count). The van der Waals surface area contributed by atoms with E-state index < -0.39 is 17.8 Å². The molecule has 0 aliphatic rings. The maximum absolute atomic E-state index is 12.5. The minimum Gasteiger partial charge on any atom is -0.429 e. The van der Waals surface area contributed by atoms with Crippen LogP contribution in [0.5, 0.6) is 0 Å². The Morgan fingerprint density at radius 1 is 1.00 bits per heavy atom. The quantitative estimate of drug-likeness (QED) is 0.0709. The van der Waals surface area contributed by atoms with Gasteiger partial charge in [0, 0.05) is 18.5 Å². The summed E-state index contributed by atoms with van der Waals surface area (Å²) < 4.78 is 12.5. The molecule has 0 aliphatic heterocycles. The number of aromatic nitrogens is 6. The molecule has 2 heterocycles. The van der Waals surface area contributed by atoms with Crippen molar-refractivity contribution in [1.82, 2.24) is 35.1 Å². The summed E-state index contributed by atoms with van der Waals surface area (Å²) in [6.45, 7) is 3.84. The van der Waals surface area contributed by atoms with Gasteiger partial charge in [0.1, 0.15) is 18.1 Å². The van der Waals surface area contributed by atoms with Crippen molar-refractivity contribution in [3.63, 3.8) is 0 Å². The van der Waals surface area contributed by atoms with Crippen molar-refractivity contribution in [3.8, 4) is 22.5 Å². The van der Waals surface area contributed by atoms with E-state index in [1.807, 2.05) is 53.1 Å². The fourth-order valence-corrected chi connectivity index (χ4v) is 5.25. The van der Waals surface area contributed by atoms with Crippen LogP contribution < -0.4 is 0 Å². The number of nitrogens with zero attached hydrogens (tertiary/aromatic N) is 7. The van der Waals surface area contributed by atoms with Crippen molar-refractivity contribution in [1.29, 1.82) is 0 Å². The van der Waals surface area contributed by atoms with E-state index in [0.717, 1.165) is 53.6 Å². The lowest BCUT2D eigenvalue weighted by atomic mass is 9.98. The number of halogens is 1. The number of aldehydes is 1. The molecule has 14 nitrogen and oxygen atoms in total. The van der Waals surface area contributed by atoms with E-state index in [1.54, 1.807) is 31.2 Å². The first-order valence-electron chi connectivity index (χ1n) is 15.2. The summed E-state index contributed by atoms with van der Waals surface area (Å²) in [7, 11) is 0. The Morgan fingerprint density at radius 2 is 1.69 bits per heavy atom. The molecule has 0 radical (unpaired) electrons. The maximum Gasteiger partial charge on any atom is 0.510 e. The van der Waals surface area contributed by atoms with Gasteiger partial charge in [-0.05, 0) is 46.4 Å². The highest BCUT2D eigenvalue weighted by molar-refractivity contribution is 6.31. The first-order chi connectivity index (χ1) is 23.3. The molecular weight excluding hydrogens is 642 g/mol. The van der Waals surface area contributed by atoms with Gasteiger partial charge in [-0.25, -0.2) is 14.6 Å². The van der Waals surface area contributed by atoms with E-state index in [-0.39, 0.29) is 18.4 Å². The van der Waals surface area contributed by atoms with Crippen molar-refractivity contribution in [3.05, 3.63) is 106 Å². The number of carbonyl (C=O) groups is 2. The average Bonchev–Trinajstić information content (AvgIpc) is 3.70. The summed E-state index contributed by atoms with van der Waals surface area (Å²) in [5.41, 5.74) is 5.02. The lowest BCUT2D eigenvalue weighted by Crippen LogP contribution is -2.18. The Morgan fingerprint density at radius 3 is 2.38 bits per heavy atom. The second-order valence-electron chi connectivity index (χ2n) is 10.7. The molecule has 2 N–H and O–H groups in total. The number of hydrogen-bond acceptors (Lipinski definition) is 12. The Hall–Kier alpha value is -4.99. The molecule has 1 atom stereocenters. The van der Waals surface area contributed by atoms with Gasteiger partial charge in [0.15, 0.2) is 11.4 Å².